The smallest absolute Gasteiger partial charge is 0.416 e. The summed E-state index contributed by atoms with van der Waals surface area (Å²) >= 11 is 0. The van der Waals surface area contributed by atoms with E-state index >= 15 is 0 Å². The van der Waals surface area contributed by atoms with E-state index in [1.54, 1.807) is 6.08 Å². The number of carbonyl (C=O) groups is 3. The van der Waals surface area contributed by atoms with Gasteiger partial charge < -0.3 is 9.47 Å². The first-order valence-corrected chi connectivity index (χ1v) is 7.06. The largest absolute Gasteiger partial charge is 0.447 e. The lowest BCUT2D eigenvalue weighted by Crippen LogP contribution is -2.34. The number of hydrogen-bond acceptors (Lipinski definition) is 5. The zero-order valence-electron chi connectivity index (χ0n) is 11.9. The van der Waals surface area contributed by atoms with Crippen LogP contribution in [-0.4, -0.2) is 36.0 Å². The number of amides is 2. The van der Waals surface area contributed by atoms with Crippen molar-refractivity contribution in [2.45, 2.75) is 18.4 Å². The number of nitrogens with zero attached hydrogens (tertiary/aromatic N) is 1. The lowest BCUT2D eigenvalue weighted by molar-refractivity contribution is -0.148. The van der Waals surface area contributed by atoms with Crippen molar-refractivity contribution in [3.05, 3.63) is 48.0 Å². The van der Waals surface area contributed by atoms with Crippen molar-refractivity contribution in [2.24, 2.45) is 0 Å². The normalized spacial score (nSPS) is 23.5. The second kappa shape index (κ2) is 5.63. The van der Waals surface area contributed by atoms with Crippen LogP contribution >= 0.6 is 0 Å². The van der Waals surface area contributed by atoms with Crippen molar-refractivity contribution < 1.29 is 23.9 Å². The third-order valence-corrected chi connectivity index (χ3v) is 3.81. The van der Waals surface area contributed by atoms with Gasteiger partial charge in [0.05, 0.1) is 6.54 Å². The van der Waals surface area contributed by atoms with E-state index in [4.69, 9.17) is 9.47 Å². The molecular formula is C16H15NO5. The lowest BCUT2D eigenvalue weighted by atomic mass is 9.89. The van der Waals surface area contributed by atoms with Crippen molar-refractivity contribution in [2.75, 3.05) is 13.2 Å². The Bertz CT molecular complexity index is 639. The van der Waals surface area contributed by atoms with Gasteiger partial charge in [-0.1, -0.05) is 30.3 Å². The van der Waals surface area contributed by atoms with Crippen LogP contribution in [0.4, 0.5) is 4.79 Å². The highest BCUT2D eigenvalue weighted by molar-refractivity contribution is 5.93. The fourth-order valence-electron chi connectivity index (χ4n) is 2.65. The average molecular weight is 301 g/mol. The highest BCUT2D eigenvalue weighted by atomic mass is 16.6. The minimum atomic E-state index is -0.947. The Balaban J connectivity index is 1.75. The maximum Gasteiger partial charge on any atom is 0.416 e. The molecule has 3 rings (SSSR count). The van der Waals surface area contributed by atoms with Gasteiger partial charge in [0.1, 0.15) is 6.61 Å². The average Bonchev–Trinajstić information content (AvgIpc) is 3.13. The molecule has 1 atom stereocenters. The van der Waals surface area contributed by atoms with Gasteiger partial charge in [-0.3, -0.25) is 4.79 Å². The first-order chi connectivity index (χ1) is 10.6. The summed E-state index contributed by atoms with van der Waals surface area (Å²) in [6, 6.07) is 9.24. The number of imide groups is 1. The summed E-state index contributed by atoms with van der Waals surface area (Å²) in [7, 11) is 0. The SMILES string of the molecule is O=C1C=C[C@](CCC(=O)N2CCOC2=O)(c2ccccc2)O1. The molecule has 0 bridgehead atoms. The van der Waals surface area contributed by atoms with E-state index in [-0.39, 0.29) is 31.9 Å². The molecule has 0 N–H and O–H groups in total. The molecule has 1 saturated heterocycles. The molecule has 2 heterocycles. The number of benzene rings is 1. The summed E-state index contributed by atoms with van der Waals surface area (Å²) in [6.45, 7) is 0.495. The van der Waals surface area contributed by atoms with Gasteiger partial charge in [-0.15, -0.1) is 0 Å². The first kappa shape index (κ1) is 14.3. The van der Waals surface area contributed by atoms with Crippen LogP contribution in [0.3, 0.4) is 0 Å². The topological polar surface area (TPSA) is 72.9 Å². The first-order valence-electron chi connectivity index (χ1n) is 7.06. The number of esters is 1. The van der Waals surface area contributed by atoms with Crippen LogP contribution in [0, 0.1) is 0 Å². The van der Waals surface area contributed by atoms with Crippen molar-refractivity contribution in [1.29, 1.82) is 0 Å². The van der Waals surface area contributed by atoms with E-state index < -0.39 is 17.7 Å². The number of ether oxygens (including phenoxy) is 2. The highest BCUT2D eigenvalue weighted by Gasteiger charge is 2.39. The number of rotatable bonds is 4. The minimum Gasteiger partial charge on any atom is -0.447 e. The Morgan fingerprint density at radius 1 is 1.23 bits per heavy atom. The maximum absolute atomic E-state index is 12.1. The predicted octanol–water partition coefficient (Wildman–Crippen LogP) is 1.75. The Morgan fingerprint density at radius 3 is 2.59 bits per heavy atom. The van der Waals surface area contributed by atoms with Crippen molar-refractivity contribution >= 4 is 18.0 Å². The molecule has 2 aliphatic rings. The maximum atomic E-state index is 12.1. The van der Waals surface area contributed by atoms with Crippen LogP contribution in [0.1, 0.15) is 18.4 Å². The summed E-state index contributed by atoms with van der Waals surface area (Å²) in [5, 5.41) is 0. The molecule has 114 valence electrons. The summed E-state index contributed by atoms with van der Waals surface area (Å²) in [6.07, 6.45) is 2.78. The van der Waals surface area contributed by atoms with Gasteiger partial charge in [-0.25, -0.2) is 14.5 Å². The molecule has 1 fully saturated rings. The summed E-state index contributed by atoms with van der Waals surface area (Å²) in [5.74, 6) is -0.758. The zero-order chi connectivity index (χ0) is 15.6. The Morgan fingerprint density at radius 2 is 2.00 bits per heavy atom. The molecule has 0 radical (unpaired) electrons. The second-order valence-corrected chi connectivity index (χ2v) is 5.17. The van der Waals surface area contributed by atoms with Crippen LogP contribution < -0.4 is 0 Å². The molecule has 6 heteroatoms. The predicted molar refractivity (Wildman–Crippen MR) is 75.6 cm³/mol. The van der Waals surface area contributed by atoms with E-state index in [1.807, 2.05) is 30.3 Å². The van der Waals surface area contributed by atoms with Gasteiger partial charge in [0, 0.05) is 18.9 Å². The van der Waals surface area contributed by atoms with Crippen LogP contribution in [0.25, 0.3) is 0 Å². The van der Waals surface area contributed by atoms with Gasteiger partial charge in [0.15, 0.2) is 5.60 Å². The van der Waals surface area contributed by atoms with Gasteiger partial charge in [-0.2, -0.15) is 0 Å². The molecule has 0 aliphatic carbocycles. The highest BCUT2D eigenvalue weighted by Crippen LogP contribution is 2.36. The quantitative estimate of drug-likeness (QED) is 0.792. The van der Waals surface area contributed by atoms with Gasteiger partial charge >= 0.3 is 12.1 Å². The van der Waals surface area contributed by atoms with E-state index in [2.05, 4.69) is 0 Å². The summed E-state index contributed by atoms with van der Waals surface area (Å²) in [4.78, 5) is 36.1. The van der Waals surface area contributed by atoms with Crippen molar-refractivity contribution in [3.8, 4) is 0 Å². The van der Waals surface area contributed by atoms with Gasteiger partial charge in [-0.05, 0) is 11.6 Å². The Kier molecular flexibility index (Phi) is 3.66. The number of hydrogen-bond donors (Lipinski definition) is 0. The van der Waals surface area contributed by atoms with Crippen LogP contribution in [0.2, 0.25) is 0 Å². The van der Waals surface area contributed by atoms with E-state index in [9.17, 15) is 14.4 Å². The van der Waals surface area contributed by atoms with Crippen LogP contribution in [0.5, 0.6) is 0 Å². The van der Waals surface area contributed by atoms with E-state index in [0.29, 0.717) is 0 Å². The Labute approximate surface area is 127 Å². The van der Waals surface area contributed by atoms with Crippen LogP contribution in [0.15, 0.2) is 42.5 Å². The molecule has 0 spiro atoms. The number of carbonyl (C=O) groups excluding carboxylic acids is 3. The molecular weight excluding hydrogens is 286 g/mol. The summed E-state index contributed by atoms with van der Waals surface area (Å²) < 4.78 is 10.2. The Hall–Kier alpha value is -2.63. The third-order valence-electron chi connectivity index (χ3n) is 3.81. The van der Waals surface area contributed by atoms with E-state index in [1.165, 1.54) is 6.08 Å². The molecule has 6 nitrogen and oxygen atoms in total. The minimum absolute atomic E-state index is 0.0849. The monoisotopic (exact) mass is 301 g/mol. The molecule has 0 saturated carbocycles. The zero-order valence-corrected chi connectivity index (χ0v) is 11.9. The number of cyclic esters (lactones) is 2. The standard InChI is InChI=1S/C16H15NO5/c18-13(17-10-11-21-15(17)20)6-8-16(9-7-14(19)22-16)12-4-2-1-3-5-12/h1-5,7,9H,6,8,10-11H2/t16-/m1/s1. The van der Waals surface area contributed by atoms with Gasteiger partial charge in [0.25, 0.3) is 0 Å². The fraction of sp³-hybridized carbons (Fsp3) is 0.312. The molecule has 2 amide bonds. The van der Waals surface area contributed by atoms with Crippen LogP contribution in [-0.2, 0) is 24.7 Å². The lowest BCUT2D eigenvalue weighted by Gasteiger charge is -2.27. The second-order valence-electron chi connectivity index (χ2n) is 5.17. The molecule has 2 aliphatic heterocycles. The molecule has 0 unspecified atom stereocenters. The summed E-state index contributed by atoms with van der Waals surface area (Å²) in [5.41, 5.74) is -0.147. The van der Waals surface area contributed by atoms with Crippen molar-refractivity contribution in [1.82, 2.24) is 4.90 Å². The molecule has 1 aromatic carbocycles. The molecule has 1 aromatic rings. The third kappa shape index (κ3) is 2.59. The van der Waals surface area contributed by atoms with Gasteiger partial charge in [0.2, 0.25) is 5.91 Å². The van der Waals surface area contributed by atoms with Crippen molar-refractivity contribution in [3.63, 3.8) is 0 Å². The molecule has 22 heavy (non-hydrogen) atoms. The molecule has 0 aromatic heterocycles. The van der Waals surface area contributed by atoms with E-state index in [0.717, 1.165) is 10.5 Å². The fourth-order valence-corrected chi connectivity index (χ4v) is 2.65.